The molecule has 0 radical (unpaired) electrons. The Morgan fingerprint density at radius 2 is 2.17 bits per heavy atom. The van der Waals surface area contributed by atoms with E-state index in [1.54, 1.807) is 24.3 Å². The molecular formula is C12H15N3O3. The lowest BCUT2D eigenvalue weighted by Crippen LogP contribution is -2.28. The molecule has 0 amide bonds. The molecule has 0 aliphatic heterocycles. The Morgan fingerprint density at radius 1 is 1.50 bits per heavy atom. The van der Waals surface area contributed by atoms with Gasteiger partial charge in [-0.25, -0.2) is 0 Å². The number of benzene rings is 1. The Kier molecular flexibility index (Phi) is 5.17. The quantitative estimate of drug-likeness (QED) is 0.262. The Labute approximate surface area is 105 Å². The third kappa shape index (κ3) is 4.86. The maximum Gasteiger partial charge on any atom is 0.151 e. The summed E-state index contributed by atoms with van der Waals surface area (Å²) < 4.78 is 5.32. The van der Waals surface area contributed by atoms with E-state index in [9.17, 15) is 9.90 Å². The van der Waals surface area contributed by atoms with Gasteiger partial charge in [-0.2, -0.15) is 0 Å². The van der Waals surface area contributed by atoms with Crippen molar-refractivity contribution >= 4 is 6.29 Å². The Bertz CT molecular complexity index is 436. The molecule has 1 rings (SSSR count). The Morgan fingerprint density at radius 3 is 2.72 bits per heavy atom. The van der Waals surface area contributed by atoms with Gasteiger partial charge in [0.15, 0.2) is 6.29 Å². The molecule has 1 N–H and O–H groups in total. The minimum Gasteiger partial charge on any atom is -0.493 e. The van der Waals surface area contributed by atoms with Crippen molar-refractivity contribution in [1.82, 2.24) is 0 Å². The first-order valence-electron chi connectivity index (χ1n) is 5.49. The lowest BCUT2D eigenvalue weighted by atomic mass is 9.98. The zero-order chi connectivity index (χ0) is 13.4. The van der Waals surface area contributed by atoms with Crippen molar-refractivity contribution in [2.24, 2.45) is 5.11 Å². The summed E-state index contributed by atoms with van der Waals surface area (Å²) in [5.41, 5.74) is 7.58. The molecule has 18 heavy (non-hydrogen) atoms. The highest BCUT2D eigenvalue weighted by Crippen LogP contribution is 2.16. The first-order valence-corrected chi connectivity index (χ1v) is 5.49. The summed E-state index contributed by atoms with van der Waals surface area (Å²) >= 11 is 0. The van der Waals surface area contributed by atoms with Gasteiger partial charge in [-0.05, 0) is 30.2 Å². The second kappa shape index (κ2) is 6.64. The van der Waals surface area contributed by atoms with Crippen LogP contribution in [0.4, 0.5) is 0 Å². The molecule has 0 aliphatic carbocycles. The van der Waals surface area contributed by atoms with Crippen molar-refractivity contribution < 1.29 is 14.6 Å². The average molecular weight is 249 g/mol. The molecule has 96 valence electrons. The van der Waals surface area contributed by atoms with Crippen molar-refractivity contribution in [3.8, 4) is 5.75 Å². The van der Waals surface area contributed by atoms with Crippen molar-refractivity contribution in [3.05, 3.63) is 40.3 Å². The topological polar surface area (TPSA) is 95.3 Å². The van der Waals surface area contributed by atoms with Crippen LogP contribution >= 0.6 is 0 Å². The van der Waals surface area contributed by atoms with Crippen LogP contribution in [0.15, 0.2) is 29.4 Å². The highest BCUT2D eigenvalue weighted by molar-refractivity contribution is 5.62. The number of aldehydes is 1. The molecule has 0 bridgehead atoms. The fourth-order valence-electron chi connectivity index (χ4n) is 1.41. The Hall–Kier alpha value is -2.04. The normalized spacial score (nSPS) is 13.2. The lowest BCUT2D eigenvalue weighted by molar-refractivity contribution is -0.122. The predicted octanol–water partition coefficient (Wildman–Crippen LogP) is 1.87. The first kappa shape index (κ1) is 14.0. The summed E-state index contributed by atoms with van der Waals surface area (Å²) in [5.74, 6) is 0.651. The maximum atomic E-state index is 10.6. The Balaban J connectivity index is 2.52. The van der Waals surface area contributed by atoms with Crippen molar-refractivity contribution in [1.29, 1.82) is 0 Å². The molecule has 0 spiro atoms. The van der Waals surface area contributed by atoms with E-state index in [2.05, 4.69) is 10.0 Å². The van der Waals surface area contributed by atoms with Crippen molar-refractivity contribution in [2.45, 2.75) is 18.9 Å². The van der Waals surface area contributed by atoms with Gasteiger partial charge in [0.25, 0.3) is 0 Å². The third-order valence-electron chi connectivity index (χ3n) is 2.26. The maximum absolute atomic E-state index is 10.6. The molecule has 0 saturated carbocycles. The van der Waals surface area contributed by atoms with Crippen LogP contribution in [0.2, 0.25) is 0 Å². The minimum absolute atomic E-state index is 0.259. The van der Waals surface area contributed by atoms with Crippen LogP contribution in [0.1, 0.15) is 12.5 Å². The van der Waals surface area contributed by atoms with Gasteiger partial charge in [-0.3, -0.25) is 0 Å². The average Bonchev–Trinajstić information content (AvgIpc) is 2.36. The van der Waals surface area contributed by atoms with Crippen molar-refractivity contribution in [2.75, 3.05) is 13.2 Å². The van der Waals surface area contributed by atoms with Gasteiger partial charge in [0.1, 0.15) is 11.4 Å². The van der Waals surface area contributed by atoms with Crippen LogP contribution in [0.25, 0.3) is 10.4 Å². The molecule has 1 aromatic carbocycles. The van der Waals surface area contributed by atoms with Gasteiger partial charge in [0.2, 0.25) is 0 Å². The number of carbonyl (C=O) groups excluding carboxylic acids is 1. The number of ether oxygens (including phenoxy) is 1. The number of carbonyl (C=O) groups is 1. The van der Waals surface area contributed by atoms with Gasteiger partial charge in [-0.1, -0.05) is 17.2 Å². The van der Waals surface area contributed by atoms with E-state index in [1.807, 2.05) is 0 Å². The summed E-state index contributed by atoms with van der Waals surface area (Å²) in [6.07, 6.45) is 0.785. The van der Waals surface area contributed by atoms with Crippen LogP contribution in [0, 0.1) is 0 Å². The number of aliphatic hydroxyl groups is 1. The summed E-state index contributed by atoms with van der Waals surface area (Å²) in [4.78, 5) is 13.2. The van der Waals surface area contributed by atoms with E-state index in [4.69, 9.17) is 10.3 Å². The molecule has 1 unspecified atom stereocenters. The smallest absolute Gasteiger partial charge is 0.151 e. The molecule has 6 nitrogen and oxygen atoms in total. The van der Waals surface area contributed by atoms with Gasteiger partial charge in [0, 0.05) is 11.3 Å². The molecule has 0 aliphatic rings. The van der Waals surface area contributed by atoms with Crippen LogP contribution in [-0.4, -0.2) is 30.1 Å². The molecule has 0 heterocycles. The number of rotatable bonds is 7. The third-order valence-corrected chi connectivity index (χ3v) is 2.26. The standard InChI is InChI=1S/C12H15N3O3/c1-12(17,9-16)8-10-2-4-11(5-3-10)18-7-6-14-15-13/h2-5,9,17H,6-8H2,1H3. The van der Waals surface area contributed by atoms with Crippen LogP contribution in [-0.2, 0) is 11.2 Å². The summed E-state index contributed by atoms with van der Waals surface area (Å²) in [5, 5.41) is 12.9. The van der Waals surface area contributed by atoms with Gasteiger partial charge in [0.05, 0.1) is 13.2 Å². The summed E-state index contributed by atoms with van der Waals surface area (Å²) in [6, 6.07) is 7.04. The fraction of sp³-hybridized carbons (Fsp3) is 0.417. The van der Waals surface area contributed by atoms with E-state index >= 15 is 0 Å². The number of nitrogens with zero attached hydrogens (tertiary/aromatic N) is 3. The number of hydrogen-bond donors (Lipinski definition) is 1. The molecular weight excluding hydrogens is 234 g/mol. The highest BCUT2D eigenvalue weighted by Gasteiger charge is 2.19. The fourth-order valence-corrected chi connectivity index (χ4v) is 1.41. The van der Waals surface area contributed by atoms with E-state index in [1.165, 1.54) is 6.92 Å². The molecule has 1 atom stereocenters. The summed E-state index contributed by atoms with van der Waals surface area (Å²) in [6.45, 7) is 2.05. The van der Waals surface area contributed by atoms with Gasteiger partial charge < -0.3 is 14.6 Å². The van der Waals surface area contributed by atoms with Crippen LogP contribution in [0.3, 0.4) is 0 Å². The second-order valence-corrected chi connectivity index (χ2v) is 4.10. The number of azide groups is 1. The molecule has 1 aromatic rings. The minimum atomic E-state index is -1.34. The van der Waals surface area contributed by atoms with Crippen molar-refractivity contribution in [3.63, 3.8) is 0 Å². The molecule has 0 aromatic heterocycles. The SMILES string of the molecule is CC(O)(C=O)Cc1ccc(OCCN=[N+]=[N-])cc1. The second-order valence-electron chi connectivity index (χ2n) is 4.10. The molecule has 0 fully saturated rings. The van der Waals surface area contributed by atoms with Gasteiger partial charge in [-0.15, -0.1) is 0 Å². The van der Waals surface area contributed by atoms with Crippen LogP contribution < -0.4 is 4.74 Å². The summed E-state index contributed by atoms with van der Waals surface area (Å²) in [7, 11) is 0. The van der Waals surface area contributed by atoms with Gasteiger partial charge >= 0.3 is 0 Å². The number of hydrogen-bond acceptors (Lipinski definition) is 4. The van der Waals surface area contributed by atoms with E-state index < -0.39 is 5.60 Å². The monoisotopic (exact) mass is 249 g/mol. The van der Waals surface area contributed by atoms with E-state index in [-0.39, 0.29) is 13.0 Å². The van der Waals surface area contributed by atoms with E-state index in [0.29, 0.717) is 18.6 Å². The first-order chi connectivity index (χ1) is 8.57. The molecule has 6 heteroatoms. The highest BCUT2D eigenvalue weighted by atomic mass is 16.5. The van der Waals surface area contributed by atoms with E-state index in [0.717, 1.165) is 5.56 Å². The zero-order valence-electron chi connectivity index (χ0n) is 10.1. The largest absolute Gasteiger partial charge is 0.493 e. The van der Waals surface area contributed by atoms with Crippen LogP contribution in [0.5, 0.6) is 5.75 Å². The molecule has 0 saturated heterocycles. The lowest BCUT2D eigenvalue weighted by Gasteiger charge is -2.15. The predicted molar refractivity (Wildman–Crippen MR) is 66.3 cm³/mol. The zero-order valence-corrected chi connectivity index (χ0v) is 10.1.